The third-order valence-electron chi connectivity index (χ3n) is 3.13. The maximum absolute atomic E-state index is 12.7. The number of carbonyl (C=O) groups is 1. The number of nitrogens with one attached hydrogen (secondary N) is 2. The SMILES string of the molecule is CCOC(=O)c1cnn(CC(=N)SC(=N)c2cccc(C(F)(F)F)c2)c1. The highest BCUT2D eigenvalue weighted by Crippen LogP contribution is 2.30. The number of alkyl halides is 3. The van der Waals surface area contributed by atoms with Crippen molar-refractivity contribution in [3.63, 3.8) is 0 Å². The van der Waals surface area contributed by atoms with E-state index >= 15 is 0 Å². The maximum Gasteiger partial charge on any atom is 0.416 e. The van der Waals surface area contributed by atoms with Gasteiger partial charge in [0, 0.05) is 11.8 Å². The van der Waals surface area contributed by atoms with Crippen LogP contribution in [0.25, 0.3) is 0 Å². The van der Waals surface area contributed by atoms with Gasteiger partial charge in [-0.3, -0.25) is 15.5 Å². The Morgan fingerprint density at radius 2 is 2.04 bits per heavy atom. The summed E-state index contributed by atoms with van der Waals surface area (Å²) in [5, 5.41) is 19.5. The predicted octanol–water partition coefficient (Wildman–Crippen LogP) is 3.81. The van der Waals surface area contributed by atoms with E-state index in [2.05, 4.69) is 5.10 Å². The number of hydrogen-bond donors (Lipinski definition) is 2. The first-order valence-corrected chi connectivity index (χ1v) is 8.23. The van der Waals surface area contributed by atoms with Gasteiger partial charge >= 0.3 is 12.1 Å². The summed E-state index contributed by atoms with van der Waals surface area (Å²) in [6, 6.07) is 4.39. The highest BCUT2D eigenvalue weighted by atomic mass is 32.2. The van der Waals surface area contributed by atoms with Crippen LogP contribution in [0.15, 0.2) is 36.7 Å². The molecule has 0 atom stereocenters. The summed E-state index contributed by atoms with van der Waals surface area (Å²) in [4.78, 5) is 11.6. The molecule has 0 aliphatic heterocycles. The fourth-order valence-electron chi connectivity index (χ4n) is 1.97. The molecule has 0 aliphatic carbocycles. The Balaban J connectivity index is 2.00. The molecule has 0 bridgehead atoms. The number of esters is 1. The molecule has 0 fully saturated rings. The third kappa shape index (κ3) is 5.19. The van der Waals surface area contributed by atoms with Gasteiger partial charge in [-0.25, -0.2) is 4.79 Å². The van der Waals surface area contributed by atoms with Gasteiger partial charge in [-0.2, -0.15) is 18.3 Å². The summed E-state index contributed by atoms with van der Waals surface area (Å²) in [5.74, 6) is -0.533. The quantitative estimate of drug-likeness (QED) is 0.466. The van der Waals surface area contributed by atoms with Crippen LogP contribution in [-0.4, -0.2) is 32.4 Å². The van der Waals surface area contributed by atoms with Crippen molar-refractivity contribution in [2.45, 2.75) is 19.6 Å². The summed E-state index contributed by atoms with van der Waals surface area (Å²) < 4.78 is 44.4. The Hall–Kier alpha value is -2.62. The van der Waals surface area contributed by atoms with Crippen molar-refractivity contribution in [1.82, 2.24) is 9.78 Å². The van der Waals surface area contributed by atoms with Crippen LogP contribution in [0.2, 0.25) is 0 Å². The lowest BCUT2D eigenvalue weighted by atomic mass is 10.1. The molecule has 0 aliphatic rings. The van der Waals surface area contributed by atoms with Crippen molar-refractivity contribution in [2.75, 3.05) is 6.61 Å². The Bertz CT molecular complexity index is 833. The van der Waals surface area contributed by atoms with Gasteiger partial charge in [-0.05, 0) is 19.1 Å². The average molecular weight is 384 g/mol. The molecule has 0 radical (unpaired) electrons. The number of halogens is 3. The fraction of sp³-hybridized carbons (Fsp3) is 0.250. The summed E-state index contributed by atoms with van der Waals surface area (Å²) in [7, 11) is 0. The molecule has 1 aromatic carbocycles. The van der Waals surface area contributed by atoms with Crippen molar-refractivity contribution in [1.29, 1.82) is 10.8 Å². The van der Waals surface area contributed by atoms with Crippen molar-refractivity contribution in [2.24, 2.45) is 0 Å². The molecule has 10 heteroatoms. The Labute approximate surface area is 151 Å². The van der Waals surface area contributed by atoms with Crippen LogP contribution in [0.1, 0.15) is 28.4 Å². The lowest BCUT2D eigenvalue weighted by Crippen LogP contribution is -2.10. The molecule has 1 heterocycles. The molecule has 2 rings (SSSR count). The summed E-state index contributed by atoms with van der Waals surface area (Å²) in [5.41, 5.74) is -0.544. The van der Waals surface area contributed by atoms with Gasteiger partial charge in [-0.1, -0.05) is 23.9 Å². The number of hydrogen-bond acceptors (Lipinski definition) is 6. The van der Waals surface area contributed by atoms with E-state index in [1.165, 1.54) is 29.2 Å². The molecule has 1 aromatic heterocycles. The van der Waals surface area contributed by atoms with E-state index in [1.54, 1.807) is 6.92 Å². The maximum atomic E-state index is 12.7. The van der Waals surface area contributed by atoms with E-state index in [0.29, 0.717) is 0 Å². The molecule has 0 unspecified atom stereocenters. The van der Waals surface area contributed by atoms with Crippen molar-refractivity contribution >= 4 is 27.8 Å². The van der Waals surface area contributed by atoms with E-state index in [4.69, 9.17) is 15.6 Å². The number of nitrogens with zero attached hydrogens (tertiary/aromatic N) is 2. The van der Waals surface area contributed by atoms with Crippen molar-refractivity contribution in [3.8, 4) is 0 Å². The smallest absolute Gasteiger partial charge is 0.416 e. The Morgan fingerprint density at radius 1 is 1.31 bits per heavy atom. The van der Waals surface area contributed by atoms with Crippen LogP contribution in [0.3, 0.4) is 0 Å². The second-order valence-electron chi connectivity index (χ2n) is 5.08. The highest BCUT2D eigenvalue weighted by Gasteiger charge is 2.30. The first-order valence-electron chi connectivity index (χ1n) is 7.41. The zero-order chi connectivity index (χ0) is 19.3. The number of benzene rings is 1. The normalized spacial score (nSPS) is 11.2. The van der Waals surface area contributed by atoms with E-state index in [0.717, 1.165) is 23.9 Å². The lowest BCUT2D eigenvalue weighted by Gasteiger charge is -2.10. The number of aromatic nitrogens is 2. The van der Waals surface area contributed by atoms with Gasteiger partial charge in [0.1, 0.15) is 5.04 Å². The fourth-order valence-corrected chi connectivity index (χ4v) is 2.66. The molecular weight excluding hydrogens is 369 g/mol. The van der Waals surface area contributed by atoms with Gasteiger partial charge in [0.2, 0.25) is 0 Å². The molecule has 0 saturated heterocycles. The molecular formula is C16H15F3N4O2S. The number of thioether (sulfide) groups is 1. The van der Waals surface area contributed by atoms with Crippen LogP contribution in [-0.2, 0) is 17.5 Å². The molecule has 0 saturated carbocycles. The van der Waals surface area contributed by atoms with Crippen molar-refractivity contribution in [3.05, 3.63) is 53.3 Å². The minimum Gasteiger partial charge on any atom is -0.462 e. The zero-order valence-corrected chi connectivity index (χ0v) is 14.4. The standard InChI is InChI=1S/C16H15F3N4O2S/c1-2-25-15(24)11-7-22-23(8-11)9-13(20)26-14(21)10-4-3-5-12(6-10)16(17,18)19/h3-8,20-21H,2,9H2,1H3. The van der Waals surface area contributed by atoms with Crippen LogP contribution in [0.4, 0.5) is 13.2 Å². The van der Waals surface area contributed by atoms with Crippen LogP contribution in [0, 0.1) is 10.8 Å². The second-order valence-corrected chi connectivity index (χ2v) is 6.19. The third-order valence-corrected chi connectivity index (χ3v) is 3.94. The van der Waals surface area contributed by atoms with Gasteiger partial charge in [0.25, 0.3) is 0 Å². The van der Waals surface area contributed by atoms with Crippen LogP contribution in [0.5, 0.6) is 0 Å². The number of ether oxygens (including phenoxy) is 1. The van der Waals surface area contributed by atoms with Crippen molar-refractivity contribution < 1.29 is 22.7 Å². The van der Waals surface area contributed by atoms with Gasteiger partial charge in [0.15, 0.2) is 0 Å². The minimum absolute atomic E-state index is 0.00841. The van der Waals surface area contributed by atoms with Crippen LogP contribution < -0.4 is 0 Å². The Morgan fingerprint density at radius 3 is 2.69 bits per heavy atom. The molecule has 6 nitrogen and oxygen atoms in total. The molecule has 138 valence electrons. The predicted molar refractivity (Wildman–Crippen MR) is 91.8 cm³/mol. The van der Waals surface area contributed by atoms with E-state index in [9.17, 15) is 18.0 Å². The summed E-state index contributed by atoms with van der Waals surface area (Å²) in [6.07, 6.45) is -1.79. The summed E-state index contributed by atoms with van der Waals surface area (Å²) >= 11 is 0.717. The minimum atomic E-state index is -4.49. The molecule has 0 amide bonds. The molecule has 26 heavy (non-hydrogen) atoms. The van der Waals surface area contributed by atoms with Gasteiger partial charge < -0.3 is 4.74 Å². The lowest BCUT2D eigenvalue weighted by molar-refractivity contribution is -0.137. The first-order chi connectivity index (χ1) is 12.2. The van der Waals surface area contributed by atoms with Gasteiger partial charge in [-0.15, -0.1) is 0 Å². The topological polar surface area (TPSA) is 91.8 Å². The monoisotopic (exact) mass is 384 g/mol. The average Bonchev–Trinajstić information content (AvgIpc) is 3.02. The highest BCUT2D eigenvalue weighted by molar-refractivity contribution is 8.26. The molecule has 2 aromatic rings. The van der Waals surface area contributed by atoms with Crippen LogP contribution >= 0.6 is 11.8 Å². The Kier molecular flexibility index (Phi) is 6.19. The molecule has 0 spiro atoms. The van der Waals surface area contributed by atoms with E-state index in [1.807, 2.05) is 0 Å². The zero-order valence-electron chi connectivity index (χ0n) is 13.6. The summed E-state index contributed by atoms with van der Waals surface area (Å²) in [6.45, 7) is 1.88. The number of rotatable bonds is 5. The van der Waals surface area contributed by atoms with Gasteiger partial charge in [0.05, 0.1) is 35.5 Å². The molecule has 2 N–H and O–H groups in total. The van der Waals surface area contributed by atoms with E-state index in [-0.39, 0.29) is 34.4 Å². The number of carbonyl (C=O) groups excluding carboxylic acids is 1. The first kappa shape index (κ1) is 19.7. The van der Waals surface area contributed by atoms with E-state index < -0.39 is 17.7 Å². The largest absolute Gasteiger partial charge is 0.462 e. The second kappa shape index (κ2) is 8.17.